The van der Waals surface area contributed by atoms with Crippen molar-refractivity contribution in [2.45, 2.75) is 24.5 Å². The summed E-state index contributed by atoms with van der Waals surface area (Å²) in [5.41, 5.74) is 5.62. The fourth-order valence-electron chi connectivity index (χ4n) is 3.74. The molecule has 5 unspecified atom stereocenters. The Bertz CT molecular complexity index is 576. The van der Waals surface area contributed by atoms with E-state index < -0.39 is 29.3 Å². The molecular formula is C15H18N2O4. The van der Waals surface area contributed by atoms with Gasteiger partial charge in [0.2, 0.25) is 0 Å². The van der Waals surface area contributed by atoms with E-state index in [0.717, 1.165) is 5.56 Å². The van der Waals surface area contributed by atoms with Crippen LogP contribution in [-0.2, 0) is 16.1 Å². The smallest absolute Gasteiger partial charge is 0.324 e. The summed E-state index contributed by atoms with van der Waals surface area (Å²) in [6.45, 7) is 0.580. The molecule has 0 aromatic heterocycles. The lowest BCUT2D eigenvalue weighted by molar-refractivity contribution is -0.145. The molecule has 0 heterocycles. The molecule has 2 aliphatic carbocycles. The Morgan fingerprint density at radius 2 is 1.95 bits per heavy atom. The van der Waals surface area contributed by atoms with Gasteiger partial charge in [-0.05, 0) is 17.9 Å². The van der Waals surface area contributed by atoms with Gasteiger partial charge in [-0.25, -0.2) is 0 Å². The summed E-state index contributed by atoms with van der Waals surface area (Å²) in [7, 11) is 0. The Morgan fingerprint density at radius 1 is 1.29 bits per heavy atom. The molecule has 6 nitrogen and oxygen atoms in total. The van der Waals surface area contributed by atoms with Crippen LogP contribution in [0.5, 0.6) is 0 Å². The fourth-order valence-corrected chi connectivity index (χ4v) is 3.74. The number of benzene rings is 1. The van der Waals surface area contributed by atoms with Gasteiger partial charge in [0.1, 0.15) is 5.54 Å². The van der Waals surface area contributed by atoms with Crippen LogP contribution in [0.15, 0.2) is 30.3 Å². The summed E-state index contributed by atoms with van der Waals surface area (Å²) in [6.07, 6.45) is 0.272. The molecule has 0 spiro atoms. The molecule has 0 bridgehead atoms. The van der Waals surface area contributed by atoms with Crippen LogP contribution in [0.2, 0.25) is 0 Å². The molecule has 0 saturated heterocycles. The topological polar surface area (TPSA) is 113 Å². The van der Waals surface area contributed by atoms with Crippen LogP contribution >= 0.6 is 0 Å². The van der Waals surface area contributed by atoms with E-state index in [-0.39, 0.29) is 18.4 Å². The minimum atomic E-state index is -1.43. The Kier molecular flexibility index (Phi) is 3.22. The van der Waals surface area contributed by atoms with Crippen molar-refractivity contribution in [3.63, 3.8) is 0 Å². The first-order chi connectivity index (χ1) is 9.95. The number of nitrogens with one attached hydrogen (secondary N) is 1. The van der Waals surface area contributed by atoms with Crippen LogP contribution in [0.4, 0.5) is 0 Å². The Labute approximate surface area is 122 Å². The highest BCUT2D eigenvalue weighted by atomic mass is 16.4. The van der Waals surface area contributed by atoms with Crippen LogP contribution in [0, 0.1) is 17.8 Å². The minimum Gasteiger partial charge on any atom is -0.481 e. The lowest BCUT2D eigenvalue weighted by Gasteiger charge is -2.25. The van der Waals surface area contributed by atoms with E-state index >= 15 is 0 Å². The van der Waals surface area contributed by atoms with Gasteiger partial charge in [-0.15, -0.1) is 0 Å². The second kappa shape index (κ2) is 4.82. The number of rotatable bonds is 5. The predicted molar refractivity (Wildman–Crippen MR) is 74.3 cm³/mol. The molecule has 2 saturated carbocycles. The molecule has 3 rings (SSSR count). The lowest BCUT2D eigenvalue weighted by atomic mass is 9.90. The molecule has 0 radical (unpaired) electrons. The lowest BCUT2D eigenvalue weighted by Crippen LogP contribution is -2.51. The summed E-state index contributed by atoms with van der Waals surface area (Å²) in [5, 5.41) is 21.8. The number of fused-ring (bicyclic) bond motifs is 1. The minimum absolute atomic E-state index is 0.169. The van der Waals surface area contributed by atoms with Crippen molar-refractivity contribution < 1.29 is 19.8 Å². The molecule has 0 amide bonds. The van der Waals surface area contributed by atoms with Crippen molar-refractivity contribution >= 4 is 11.9 Å². The molecule has 5 atom stereocenters. The number of carboxylic acid groups (broad SMARTS) is 2. The van der Waals surface area contributed by atoms with E-state index in [4.69, 9.17) is 5.73 Å². The van der Waals surface area contributed by atoms with E-state index in [1.165, 1.54) is 0 Å². The zero-order valence-electron chi connectivity index (χ0n) is 11.4. The molecule has 21 heavy (non-hydrogen) atoms. The Morgan fingerprint density at radius 3 is 2.52 bits per heavy atom. The first-order valence-corrected chi connectivity index (χ1v) is 6.97. The predicted octanol–water partition coefficient (Wildman–Crippen LogP) is 0.277. The van der Waals surface area contributed by atoms with Gasteiger partial charge in [0.15, 0.2) is 0 Å². The normalized spacial score (nSPS) is 37.0. The van der Waals surface area contributed by atoms with E-state index in [2.05, 4.69) is 5.32 Å². The van der Waals surface area contributed by atoms with Crippen LogP contribution < -0.4 is 11.1 Å². The summed E-state index contributed by atoms with van der Waals surface area (Å²) >= 11 is 0. The molecule has 5 N–H and O–H groups in total. The second-order valence-electron chi connectivity index (χ2n) is 5.99. The zero-order valence-corrected chi connectivity index (χ0v) is 11.4. The molecule has 6 heteroatoms. The van der Waals surface area contributed by atoms with Crippen molar-refractivity contribution in [3.8, 4) is 0 Å². The summed E-state index contributed by atoms with van der Waals surface area (Å²) in [5.74, 6) is -3.36. The Balaban J connectivity index is 1.72. The average molecular weight is 290 g/mol. The highest BCUT2D eigenvalue weighted by molar-refractivity contribution is 5.85. The average Bonchev–Trinajstić information content (AvgIpc) is 3.14. The van der Waals surface area contributed by atoms with Crippen LogP contribution in [0.25, 0.3) is 0 Å². The van der Waals surface area contributed by atoms with Crippen LogP contribution in [0.1, 0.15) is 12.0 Å². The number of carbonyl (C=O) groups is 2. The third kappa shape index (κ3) is 2.20. The van der Waals surface area contributed by atoms with Crippen molar-refractivity contribution in [2.75, 3.05) is 0 Å². The third-order valence-corrected chi connectivity index (χ3v) is 4.79. The highest BCUT2D eigenvalue weighted by Crippen LogP contribution is 2.61. The number of aliphatic carboxylic acids is 2. The van der Waals surface area contributed by atoms with E-state index in [9.17, 15) is 19.8 Å². The van der Waals surface area contributed by atoms with Gasteiger partial charge in [0.05, 0.1) is 5.92 Å². The molecule has 1 aromatic rings. The summed E-state index contributed by atoms with van der Waals surface area (Å²) < 4.78 is 0. The molecule has 2 aliphatic rings. The van der Waals surface area contributed by atoms with E-state index in [1.807, 2.05) is 30.3 Å². The summed E-state index contributed by atoms with van der Waals surface area (Å²) in [4.78, 5) is 22.6. The molecular weight excluding hydrogens is 272 g/mol. The first-order valence-electron chi connectivity index (χ1n) is 6.97. The molecule has 1 aromatic carbocycles. The van der Waals surface area contributed by atoms with Gasteiger partial charge < -0.3 is 21.3 Å². The van der Waals surface area contributed by atoms with Gasteiger partial charge in [-0.3, -0.25) is 9.59 Å². The molecule has 0 aliphatic heterocycles. The third-order valence-electron chi connectivity index (χ3n) is 4.79. The van der Waals surface area contributed by atoms with E-state index in [1.54, 1.807) is 0 Å². The van der Waals surface area contributed by atoms with Gasteiger partial charge in [0, 0.05) is 18.5 Å². The van der Waals surface area contributed by atoms with Crippen molar-refractivity contribution in [3.05, 3.63) is 35.9 Å². The van der Waals surface area contributed by atoms with Crippen LogP contribution in [0.3, 0.4) is 0 Å². The maximum atomic E-state index is 11.4. The Hall–Kier alpha value is -1.92. The quantitative estimate of drug-likeness (QED) is 0.619. The first kappa shape index (κ1) is 14.0. The van der Waals surface area contributed by atoms with Gasteiger partial charge in [0.25, 0.3) is 0 Å². The van der Waals surface area contributed by atoms with Crippen molar-refractivity contribution in [1.82, 2.24) is 5.32 Å². The highest BCUT2D eigenvalue weighted by Gasteiger charge is 2.73. The maximum Gasteiger partial charge on any atom is 0.324 e. The SMILES string of the molecule is NC1(C(=O)O)CC(NCc2ccccc2)C2C(C(=O)O)C21. The largest absolute Gasteiger partial charge is 0.481 e. The number of nitrogens with two attached hydrogens (primary N) is 1. The van der Waals surface area contributed by atoms with Crippen molar-refractivity contribution in [2.24, 2.45) is 23.5 Å². The fraction of sp³-hybridized carbons (Fsp3) is 0.467. The summed E-state index contributed by atoms with van der Waals surface area (Å²) in [6, 6.07) is 9.54. The molecule has 112 valence electrons. The zero-order chi connectivity index (χ0) is 15.2. The molecule has 2 fully saturated rings. The number of hydrogen-bond acceptors (Lipinski definition) is 4. The van der Waals surface area contributed by atoms with Crippen molar-refractivity contribution in [1.29, 1.82) is 0 Å². The standard InChI is InChI=1S/C15H18N2O4/c16-15(14(20)21)6-9(10-11(12(10)15)13(18)19)17-7-8-4-2-1-3-5-8/h1-5,9-12,17H,6-7,16H2,(H,18,19)(H,20,21). The van der Waals surface area contributed by atoms with Gasteiger partial charge in [-0.1, -0.05) is 30.3 Å². The second-order valence-corrected chi connectivity index (χ2v) is 5.99. The van der Waals surface area contributed by atoms with Crippen LogP contribution in [-0.4, -0.2) is 33.7 Å². The van der Waals surface area contributed by atoms with Gasteiger partial charge >= 0.3 is 11.9 Å². The van der Waals surface area contributed by atoms with Gasteiger partial charge in [-0.2, -0.15) is 0 Å². The number of carboxylic acids is 2. The number of hydrogen-bond donors (Lipinski definition) is 4. The monoisotopic (exact) mass is 290 g/mol. The maximum absolute atomic E-state index is 11.4. The van der Waals surface area contributed by atoms with E-state index in [0.29, 0.717) is 6.54 Å².